The number of hydrogen-bond donors (Lipinski definition) is 4. The number of amides is 1. The molecule has 1 aromatic carbocycles. The molecule has 1 amide bonds. The zero-order valence-corrected chi connectivity index (χ0v) is 16.5. The summed E-state index contributed by atoms with van der Waals surface area (Å²) in [7, 11) is 0. The number of aromatic amines is 1. The molecular formula is C22H19F2N5O2. The van der Waals surface area contributed by atoms with E-state index in [1.165, 1.54) is 24.5 Å². The van der Waals surface area contributed by atoms with Gasteiger partial charge in [-0.2, -0.15) is 0 Å². The van der Waals surface area contributed by atoms with E-state index < -0.39 is 23.6 Å². The van der Waals surface area contributed by atoms with Crippen molar-refractivity contribution < 1.29 is 18.7 Å². The van der Waals surface area contributed by atoms with Gasteiger partial charge in [-0.1, -0.05) is 0 Å². The van der Waals surface area contributed by atoms with E-state index in [0.29, 0.717) is 22.7 Å². The van der Waals surface area contributed by atoms with E-state index in [4.69, 9.17) is 0 Å². The molecule has 0 saturated heterocycles. The first-order valence-electron chi connectivity index (χ1n) is 9.53. The van der Waals surface area contributed by atoms with Gasteiger partial charge in [-0.3, -0.25) is 9.78 Å². The number of benzene rings is 1. The molecule has 0 spiro atoms. The monoisotopic (exact) mass is 423 g/mol. The number of carbonyl (C=O) groups is 1. The summed E-state index contributed by atoms with van der Waals surface area (Å²) >= 11 is 0. The van der Waals surface area contributed by atoms with Crippen LogP contribution in [0.2, 0.25) is 0 Å². The van der Waals surface area contributed by atoms with Crippen LogP contribution in [0, 0.1) is 11.6 Å². The van der Waals surface area contributed by atoms with Gasteiger partial charge in [0.15, 0.2) is 0 Å². The molecule has 31 heavy (non-hydrogen) atoms. The Morgan fingerprint density at radius 3 is 2.81 bits per heavy atom. The fourth-order valence-electron chi connectivity index (χ4n) is 3.14. The zero-order chi connectivity index (χ0) is 22.0. The second kappa shape index (κ2) is 8.49. The Hall–Kier alpha value is -3.85. The number of H-pyrrole nitrogens is 1. The van der Waals surface area contributed by atoms with Crippen LogP contribution in [0.1, 0.15) is 17.3 Å². The molecule has 4 rings (SSSR count). The van der Waals surface area contributed by atoms with Crippen molar-refractivity contribution in [3.8, 4) is 11.3 Å². The van der Waals surface area contributed by atoms with Crippen molar-refractivity contribution in [2.24, 2.45) is 0 Å². The Kier molecular flexibility index (Phi) is 5.59. The number of hydrogen-bond acceptors (Lipinski definition) is 5. The van der Waals surface area contributed by atoms with Crippen LogP contribution in [-0.4, -0.2) is 38.6 Å². The lowest BCUT2D eigenvalue weighted by Gasteiger charge is -2.14. The number of aliphatic hydroxyl groups excluding tert-OH is 1. The molecule has 0 saturated carbocycles. The molecule has 9 heteroatoms. The van der Waals surface area contributed by atoms with Gasteiger partial charge in [-0.25, -0.2) is 13.8 Å². The third-order valence-electron chi connectivity index (χ3n) is 4.63. The summed E-state index contributed by atoms with van der Waals surface area (Å²) in [5, 5.41) is 16.0. The molecule has 0 aliphatic heterocycles. The predicted molar refractivity (Wildman–Crippen MR) is 113 cm³/mol. The number of rotatable bonds is 6. The number of fused-ring (bicyclic) bond motifs is 1. The fourth-order valence-corrected chi connectivity index (χ4v) is 3.14. The Bertz CT molecular complexity index is 1260. The predicted octanol–water partition coefficient (Wildman–Crippen LogP) is 3.76. The summed E-state index contributed by atoms with van der Waals surface area (Å²) in [6.45, 7) is 1.66. The van der Waals surface area contributed by atoms with E-state index in [9.17, 15) is 18.7 Å². The van der Waals surface area contributed by atoms with E-state index in [1.54, 1.807) is 31.3 Å². The Balaban J connectivity index is 1.74. The van der Waals surface area contributed by atoms with Crippen LogP contribution >= 0.6 is 0 Å². The van der Waals surface area contributed by atoms with Crippen molar-refractivity contribution in [1.29, 1.82) is 0 Å². The third kappa shape index (κ3) is 4.36. The molecular weight excluding hydrogens is 404 g/mol. The lowest BCUT2D eigenvalue weighted by atomic mass is 10.1. The summed E-state index contributed by atoms with van der Waals surface area (Å²) in [5.74, 6) is -1.81. The SMILES string of the molecule is C[C@H](O)CNC(=O)c1cnccc1Nc1cc(-c2ccc(F)cc2F)nc2[nH]ccc12. The minimum atomic E-state index is -0.730. The van der Waals surface area contributed by atoms with Gasteiger partial charge in [0.2, 0.25) is 0 Å². The quantitative estimate of drug-likeness (QED) is 0.378. The number of aliphatic hydroxyl groups is 1. The smallest absolute Gasteiger partial charge is 0.255 e. The highest BCUT2D eigenvalue weighted by Gasteiger charge is 2.16. The van der Waals surface area contributed by atoms with Gasteiger partial charge >= 0.3 is 0 Å². The van der Waals surface area contributed by atoms with E-state index in [0.717, 1.165) is 11.5 Å². The lowest BCUT2D eigenvalue weighted by Crippen LogP contribution is -2.31. The lowest BCUT2D eigenvalue weighted by molar-refractivity contribution is 0.0924. The van der Waals surface area contributed by atoms with Crippen molar-refractivity contribution in [3.63, 3.8) is 0 Å². The fraction of sp³-hybridized carbons (Fsp3) is 0.136. The van der Waals surface area contributed by atoms with Crippen molar-refractivity contribution in [1.82, 2.24) is 20.3 Å². The summed E-state index contributed by atoms with van der Waals surface area (Å²) in [4.78, 5) is 24.0. The molecule has 1 atom stereocenters. The topological polar surface area (TPSA) is 103 Å². The van der Waals surface area contributed by atoms with E-state index in [2.05, 4.69) is 25.6 Å². The minimum absolute atomic E-state index is 0.0957. The second-order valence-electron chi connectivity index (χ2n) is 7.02. The highest BCUT2D eigenvalue weighted by Crippen LogP contribution is 2.32. The molecule has 0 aliphatic carbocycles. The summed E-state index contributed by atoms with van der Waals surface area (Å²) < 4.78 is 27.7. The zero-order valence-electron chi connectivity index (χ0n) is 16.5. The molecule has 0 bridgehead atoms. The average Bonchev–Trinajstić information content (AvgIpc) is 3.21. The molecule has 158 valence electrons. The molecule has 4 N–H and O–H groups in total. The van der Waals surface area contributed by atoms with Gasteiger partial charge < -0.3 is 20.7 Å². The van der Waals surface area contributed by atoms with Crippen LogP contribution in [0.15, 0.2) is 55.0 Å². The number of carbonyl (C=O) groups excluding carboxylic acids is 1. The van der Waals surface area contributed by atoms with Crippen LogP contribution < -0.4 is 10.6 Å². The number of nitrogens with zero attached hydrogens (tertiary/aromatic N) is 2. The van der Waals surface area contributed by atoms with Gasteiger partial charge in [0.05, 0.1) is 28.7 Å². The first kappa shape index (κ1) is 20.4. The summed E-state index contributed by atoms with van der Waals surface area (Å²) in [6, 6.07) is 8.35. The number of pyridine rings is 2. The van der Waals surface area contributed by atoms with Crippen molar-refractivity contribution in [2.75, 3.05) is 11.9 Å². The summed E-state index contributed by atoms with van der Waals surface area (Å²) in [5.41, 5.74) is 2.25. The first-order valence-corrected chi connectivity index (χ1v) is 9.53. The molecule has 0 aliphatic rings. The molecule has 3 aromatic heterocycles. The Morgan fingerprint density at radius 1 is 1.19 bits per heavy atom. The van der Waals surface area contributed by atoms with Gasteiger partial charge in [-0.05, 0) is 37.3 Å². The molecule has 0 fully saturated rings. The number of halogens is 2. The molecule has 3 heterocycles. The highest BCUT2D eigenvalue weighted by atomic mass is 19.1. The third-order valence-corrected chi connectivity index (χ3v) is 4.63. The van der Waals surface area contributed by atoms with Crippen LogP contribution in [0.25, 0.3) is 22.3 Å². The number of aromatic nitrogens is 3. The number of nitrogens with one attached hydrogen (secondary N) is 3. The van der Waals surface area contributed by atoms with Gasteiger partial charge in [-0.15, -0.1) is 0 Å². The summed E-state index contributed by atoms with van der Waals surface area (Å²) in [6.07, 6.45) is 3.95. The maximum atomic E-state index is 14.3. The van der Waals surface area contributed by atoms with Crippen molar-refractivity contribution in [2.45, 2.75) is 13.0 Å². The highest BCUT2D eigenvalue weighted by molar-refractivity contribution is 6.02. The average molecular weight is 423 g/mol. The van der Waals surface area contributed by atoms with Gasteiger partial charge in [0.25, 0.3) is 5.91 Å². The van der Waals surface area contributed by atoms with Gasteiger partial charge in [0, 0.05) is 42.2 Å². The van der Waals surface area contributed by atoms with Crippen LogP contribution in [0.4, 0.5) is 20.2 Å². The normalized spacial score (nSPS) is 12.0. The Labute approximate surface area is 176 Å². The second-order valence-corrected chi connectivity index (χ2v) is 7.02. The molecule has 4 aromatic rings. The molecule has 0 unspecified atom stereocenters. The first-order chi connectivity index (χ1) is 14.9. The largest absolute Gasteiger partial charge is 0.392 e. The standard InChI is InChI=1S/C22H19F2N5O2/c1-12(30)10-27-22(31)16-11-25-6-5-18(16)28-20-9-19(29-21-15(20)4-7-26-21)14-3-2-13(23)8-17(14)24/h2-9,11-12,30H,10H2,1H3,(H,27,31)(H2,25,26,28,29)/t12-/m0/s1. The molecule has 7 nitrogen and oxygen atoms in total. The van der Waals surface area contributed by atoms with Crippen molar-refractivity contribution in [3.05, 3.63) is 72.2 Å². The number of anilines is 2. The minimum Gasteiger partial charge on any atom is -0.392 e. The van der Waals surface area contributed by atoms with Gasteiger partial charge in [0.1, 0.15) is 17.3 Å². The van der Waals surface area contributed by atoms with Crippen molar-refractivity contribution >= 4 is 28.3 Å². The maximum absolute atomic E-state index is 14.3. The molecule has 0 radical (unpaired) electrons. The van der Waals surface area contributed by atoms with Crippen LogP contribution in [-0.2, 0) is 0 Å². The van der Waals surface area contributed by atoms with E-state index in [1.807, 2.05) is 0 Å². The van der Waals surface area contributed by atoms with E-state index >= 15 is 0 Å². The van der Waals surface area contributed by atoms with E-state index in [-0.39, 0.29) is 17.7 Å². The Morgan fingerprint density at radius 2 is 2.03 bits per heavy atom. The maximum Gasteiger partial charge on any atom is 0.255 e. The van der Waals surface area contributed by atoms with Crippen LogP contribution in [0.3, 0.4) is 0 Å². The van der Waals surface area contributed by atoms with Crippen LogP contribution in [0.5, 0.6) is 0 Å².